The maximum absolute atomic E-state index is 12.2. The summed E-state index contributed by atoms with van der Waals surface area (Å²) in [6.45, 7) is 0. The van der Waals surface area contributed by atoms with E-state index >= 15 is 0 Å². The Hall–Kier alpha value is -2.24. The molecule has 2 N–H and O–H groups in total. The molecule has 0 atom stereocenters. The minimum absolute atomic E-state index is 0.274. The Morgan fingerprint density at radius 3 is 2.75 bits per heavy atom. The average Bonchev–Trinajstić information content (AvgIpc) is 2.60. The van der Waals surface area contributed by atoms with E-state index in [1.165, 1.54) is 11.8 Å². The molecule has 3 rings (SSSR count). The Morgan fingerprint density at radius 2 is 2.04 bits per heavy atom. The molecule has 6 heteroatoms. The standard InChI is InChI=1S/C18H15ClN2O2S/c1-23-12-6-7-13-14(8-12)18(21-17(22)15(13)9-20)24-10-11-4-2-3-5-16(11)19/h2-9,20H,10H2,1H3,(H,21,22). The highest BCUT2D eigenvalue weighted by Gasteiger charge is 2.12. The van der Waals surface area contributed by atoms with E-state index in [-0.39, 0.29) is 5.56 Å². The molecule has 0 radical (unpaired) electrons. The minimum Gasteiger partial charge on any atom is -0.497 e. The van der Waals surface area contributed by atoms with Crippen molar-refractivity contribution in [3.8, 4) is 5.75 Å². The molecular weight excluding hydrogens is 344 g/mol. The fourth-order valence-electron chi connectivity index (χ4n) is 2.46. The number of fused-ring (bicyclic) bond motifs is 1. The maximum atomic E-state index is 12.2. The van der Waals surface area contributed by atoms with E-state index in [2.05, 4.69) is 4.98 Å². The van der Waals surface area contributed by atoms with E-state index in [9.17, 15) is 4.79 Å². The van der Waals surface area contributed by atoms with Crippen LogP contribution in [0, 0.1) is 5.41 Å². The highest BCUT2D eigenvalue weighted by Crippen LogP contribution is 2.32. The van der Waals surface area contributed by atoms with Gasteiger partial charge >= 0.3 is 0 Å². The zero-order chi connectivity index (χ0) is 17.1. The van der Waals surface area contributed by atoms with Gasteiger partial charge in [-0.15, -0.1) is 11.8 Å². The predicted molar refractivity (Wildman–Crippen MR) is 100 cm³/mol. The molecule has 0 bridgehead atoms. The van der Waals surface area contributed by atoms with Gasteiger partial charge in [0.2, 0.25) is 0 Å². The van der Waals surface area contributed by atoms with Crippen molar-refractivity contribution in [3.63, 3.8) is 0 Å². The molecule has 0 aliphatic rings. The molecule has 1 heterocycles. The topological polar surface area (TPSA) is 65.9 Å². The summed E-state index contributed by atoms with van der Waals surface area (Å²) in [5.74, 6) is 1.33. The second-order valence-corrected chi connectivity index (χ2v) is 6.53. The van der Waals surface area contributed by atoms with Crippen molar-refractivity contribution in [1.29, 1.82) is 5.41 Å². The summed E-state index contributed by atoms with van der Waals surface area (Å²) in [7, 11) is 1.60. The van der Waals surface area contributed by atoms with Crippen molar-refractivity contribution < 1.29 is 4.74 Å². The molecule has 4 nitrogen and oxygen atoms in total. The van der Waals surface area contributed by atoms with Crippen LogP contribution in [-0.4, -0.2) is 18.3 Å². The quantitative estimate of drug-likeness (QED) is 0.522. The lowest BCUT2D eigenvalue weighted by Gasteiger charge is -2.10. The molecule has 2 aromatic carbocycles. The molecule has 0 aliphatic heterocycles. The summed E-state index contributed by atoms with van der Waals surface area (Å²) in [6, 6.07) is 13.1. The number of aromatic amines is 1. The molecule has 0 unspecified atom stereocenters. The lowest BCUT2D eigenvalue weighted by molar-refractivity contribution is 0.415. The van der Waals surface area contributed by atoms with Crippen LogP contribution in [0.5, 0.6) is 5.75 Å². The summed E-state index contributed by atoms with van der Waals surface area (Å²) in [5.41, 5.74) is 1.07. The molecule has 0 fully saturated rings. The third-order valence-electron chi connectivity index (χ3n) is 3.71. The molecule has 3 aromatic rings. The number of halogens is 1. The van der Waals surface area contributed by atoms with Crippen LogP contribution in [0.1, 0.15) is 11.1 Å². The third kappa shape index (κ3) is 3.18. The number of rotatable bonds is 5. The van der Waals surface area contributed by atoms with Crippen LogP contribution in [0.4, 0.5) is 0 Å². The Kier molecular flexibility index (Phi) is 4.92. The van der Waals surface area contributed by atoms with E-state index in [4.69, 9.17) is 21.7 Å². The highest BCUT2D eigenvalue weighted by atomic mass is 35.5. The first kappa shape index (κ1) is 16.6. The smallest absolute Gasteiger partial charge is 0.258 e. The van der Waals surface area contributed by atoms with Crippen molar-refractivity contribution in [2.24, 2.45) is 0 Å². The first-order chi connectivity index (χ1) is 11.6. The molecule has 0 saturated carbocycles. The van der Waals surface area contributed by atoms with Gasteiger partial charge in [-0.3, -0.25) is 4.79 Å². The number of pyridine rings is 1. The van der Waals surface area contributed by atoms with Gasteiger partial charge in [-0.05, 0) is 35.2 Å². The second kappa shape index (κ2) is 7.11. The number of nitrogens with one attached hydrogen (secondary N) is 2. The molecule has 0 spiro atoms. The Bertz CT molecular complexity index is 969. The van der Waals surface area contributed by atoms with Gasteiger partial charge in [0.15, 0.2) is 0 Å². The molecule has 0 aliphatic carbocycles. The molecule has 1 aromatic heterocycles. The number of ether oxygens (including phenoxy) is 1. The van der Waals surface area contributed by atoms with Crippen molar-refractivity contribution in [3.05, 3.63) is 69.0 Å². The summed E-state index contributed by atoms with van der Waals surface area (Å²) < 4.78 is 5.28. The van der Waals surface area contributed by atoms with E-state index in [1.807, 2.05) is 36.4 Å². The fraction of sp³-hybridized carbons (Fsp3) is 0.111. The van der Waals surface area contributed by atoms with Gasteiger partial charge in [-0.1, -0.05) is 29.8 Å². The van der Waals surface area contributed by atoms with Crippen LogP contribution in [0.25, 0.3) is 10.8 Å². The SMILES string of the molecule is COc1ccc2c(C=N)c(=O)[nH]c(SCc3ccccc3Cl)c2c1. The Morgan fingerprint density at radius 1 is 1.25 bits per heavy atom. The van der Waals surface area contributed by atoms with Crippen molar-refractivity contribution in [2.45, 2.75) is 10.8 Å². The second-order valence-electron chi connectivity index (χ2n) is 5.13. The third-order valence-corrected chi connectivity index (χ3v) is 5.14. The summed E-state index contributed by atoms with van der Waals surface area (Å²) in [5, 5.41) is 10.5. The monoisotopic (exact) mass is 358 g/mol. The summed E-state index contributed by atoms with van der Waals surface area (Å²) >= 11 is 7.70. The normalized spacial score (nSPS) is 10.8. The van der Waals surface area contributed by atoms with E-state index in [0.717, 1.165) is 27.6 Å². The van der Waals surface area contributed by atoms with E-state index < -0.39 is 0 Å². The molecule has 24 heavy (non-hydrogen) atoms. The fourth-order valence-corrected chi connectivity index (χ4v) is 3.78. The van der Waals surface area contributed by atoms with Gasteiger partial charge in [0.25, 0.3) is 5.56 Å². The van der Waals surface area contributed by atoms with E-state index in [1.54, 1.807) is 13.2 Å². The zero-order valence-corrected chi connectivity index (χ0v) is 14.5. The van der Waals surface area contributed by atoms with Gasteiger partial charge in [0, 0.05) is 22.4 Å². The van der Waals surface area contributed by atoms with Crippen LogP contribution < -0.4 is 10.3 Å². The van der Waals surface area contributed by atoms with Gasteiger partial charge in [-0.2, -0.15) is 0 Å². The van der Waals surface area contributed by atoms with Crippen LogP contribution in [-0.2, 0) is 5.75 Å². The average molecular weight is 359 g/mol. The zero-order valence-electron chi connectivity index (χ0n) is 12.9. The lowest BCUT2D eigenvalue weighted by Crippen LogP contribution is -2.13. The number of methoxy groups -OCH3 is 1. The Labute approximate surface area is 148 Å². The lowest BCUT2D eigenvalue weighted by atomic mass is 10.1. The molecule has 0 saturated heterocycles. The van der Waals surface area contributed by atoms with Crippen molar-refractivity contribution in [1.82, 2.24) is 4.98 Å². The van der Waals surface area contributed by atoms with Crippen LogP contribution in [0.3, 0.4) is 0 Å². The first-order valence-electron chi connectivity index (χ1n) is 7.24. The number of thioether (sulfide) groups is 1. The van der Waals surface area contributed by atoms with E-state index in [0.29, 0.717) is 22.1 Å². The number of hydrogen-bond acceptors (Lipinski definition) is 4. The number of H-pyrrole nitrogens is 1. The van der Waals surface area contributed by atoms with Crippen LogP contribution in [0.2, 0.25) is 5.02 Å². The predicted octanol–water partition coefficient (Wildman–Crippen LogP) is 4.48. The first-order valence-corrected chi connectivity index (χ1v) is 8.61. The number of hydrogen-bond donors (Lipinski definition) is 2. The van der Waals surface area contributed by atoms with Gasteiger partial charge in [-0.25, -0.2) is 0 Å². The van der Waals surface area contributed by atoms with Crippen LogP contribution >= 0.6 is 23.4 Å². The minimum atomic E-state index is -0.274. The summed E-state index contributed by atoms with van der Waals surface area (Å²) in [6.07, 6.45) is 1.08. The van der Waals surface area contributed by atoms with Crippen LogP contribution in [0.15, 0.2) is 52.3 Å². The van der Waals surface area contributed by atoms with Gasteiger partial charge < -0.3 is 15.1 Å². The number of benzene rings is 2. The van der Waals surface area contributed by atoms with Crippen molar-refractivity contribution in [2.75, 3.05) is 7.11 Å². The van der Waals surface area contributed by atoms with Crippen molar-refractivity contribution >= 4 is 40.3 Å². The Balaban J connectivity index is 2.08. The maximum Gasteiger partial charge on any atom is 0.258 e. The highest BCUT2D eigenvalue weighted by molar-refractivity contribution is 7.98. The largest absolute Gasteiger partial charge is 0.497 e. The number of aromatic nitrogens is 1. The van der Waals surface area contributed by atoms with Gasteiger partial charge in [0.1, 0.15) is 5.75 Å². The summed E-state index contributed by atoms with van der Waals surface area (Å²) in [4.78, 5) is 15.1. The molecule has 122 valence electrons. The molecule has 0 amide bonds. The van der Waals surface area contributed by atoms with Gasteiger partial charge in [0.05, 0.1) is 17.7 Å². The molecular formula is C18H15ClN2O2S.